The highest BCUT2D eigenvalue weighted by Gasteiger charge is 2.30. The van der Waals surface area contributed by atoms with Gasteiger partial charge < -0.3 is 10.2 Å². The van der Waals surface area contributed by atoms with E-state index < -0.39 is 11.6 Å². The Morgan fingerprint density at radius 2 is 2.00 bits per heavy atom. The smallest absolute Gasteiger partial charge is 0.223 e. The van der Waals surface area contributed by atoms with Crippen molar-refractivity contribution in [1.29, 1.82) is 0 Å². The molecule has 0 bridgehead atoms. The molecule has 2 fully saturated rings. The number of carbonyl (C=O) groups is 1. The third-order valence-corrected chi connectivity index (χ3v) is 4.53. The van der Waals surface area contributed by atoms with E-state index in [-0.39, 0.29) is 5.91 Å². The molecule has 1 N–H and O–H groups in total. The standard InChI is InChI=1S/C17H23F2N3O/c18-14-2-1-13(16(19)11-14)12-22(15-3-4-15)8-5-17(23)21-9-6-20-7-10-21/h1-2,11,15,20H,3-10,12H2. The Hall–Kier alpha value is -1.53. The molecule has 1 aliphatic carbocycles. The first-order chi connectivity index (χ1) is 11.1. The summed E-state index contributed by atoms with van der Waals surface area (Å²) >= 11 is 0. The highest BCUT2D eigenvalue weighted by molar-refractivity contribution is 5.76. The molecular formula is C17H23F2N3O. The summed E-state index contributed by atoms with van der Waals surface area (Å²) in [6.07, 6.45) is 2.63. The van der Waals surface area contributed by atoms with E-state index in [4.69, 9.17) is 0 Å². The molecule has 1 amide bonds. The van der Waals surface area contributed by atoms with Crippen molar-refractivity contribution in [1.82, 2.24) is 15.1 Å². The van der Waals surface area contributed by atoms with Crippen LogP contribution in [0.3, 0.4) is 0 Å². The molecule has 2 aliphatic rings. The van der Waals surface area contributed by atoms with E-state index in [1.54, 1.807) is 0 Å². The molecule has 0 aromatic heterocycles. The van der Waals surface area contributed by atoms with Gasteiger partial charge in [0.25, 0.3) is 0 Å². The van der Waals surface area contributed by atoms with E-state index >= 15 is 0 Å². The number of benzene rings is 1. The van der Waals surface area contributed by atoms with Crippen molar-refractivity contribution in [2.24, 2.45) is 0 Å². The van der Waals surface area contributed by atoms with Crippen LogP contribution in [0.2, 0.25) is 0 Å². The quantitative estimate of drug-likeness (QED) is 0.866. The first-order valence-electron chi connectivity index (χ1n) is 8.30. The number of halogens is 2. The van der Waals surface area contributed by atoms with Crippen LogP contribution >= 0.6 is 0 Å². The van der Waals surface area contributed by atoms with Gasteiger partial charge in [0, 0.05) is 63.4 Å². The van der Waals surface area contributed by atoms with Gasteiger partial charge in [0.1, 0.15) is 11.6 Å². The van der Waals surface area contributed by atoms with Crippen molar-refractivity contribution in [3.63, 3.8) is 0 Å². The number of amides is 1. The van der Waals surface area contributed by atoms with E-state index in [0.29, 0.717) is 31.1 Å². The molecule has 1 aromatic carbocycles. The third-order valence-electron chi connectivity index (χ3n) is 4.53. The Labute approximate surface area is 135 Å². The first kappa shape index (κ1) is 16.3. The Morgan fingerprint density at radius 3 is 2.65 bits per heavy atom. The van der Waals surface area contributed by atoms with Gasteiger partial charge >= 0.3 is 0 Å². The fraction of sp³-hybridized carbons (Fsp3) is 0.588. The minimum absolute atomic E-state index is 0.164. The van der Waals surface area contributed by atoms with Crippen LogP contribution in [0.25, 0.3) is 0 Å². The molecule has 1 aromatic rings. The molecule has 0 unspecified atom stereocenters. The SMILES string of the molecule is O=C(CCN(Cc1ccc(F)cc1F)C1CC1)N1CCNCC1. The number of rotatable bonds is 6. The van der Waals surface area contributed by atoms with Crippen LogP contribution in [0.5, 0.6) is 0 Å². The zero-order valence-electron chi connectivity index (χ0n) is 13.2. The minimum Gasteiger partial charge on any atom is -0.340 e. The molecule has 6 heteroatoms. The molecule has 0 radical (unpaired) electrons. The van der Waals surface area contributed by atoms with Gasteiger partial charge in [0.15, 0.2) is 0 Å². The van der Waals surface area contributed by atoms with E-state index in [9.17, 15) is 13.6 Å². The molecule has 1 saturated carbocycles. The van der Waals surface area contributed by atoms with E-state index in [2.05, 4.69) is 10.2 Å². The van der Waals surface area contributed by atoms with Crippen LogP contribution in [-0.2, 0) is 11.3 Å². The second-order valence-electron chi connectivity index (χ2n) is 6.32. The van der Waals surface area contributed by atoms with Gasteiger partial charge in [-0.25, -0.2) is 8.78 Å². The lowest BCUT2D eigenvalue weighted by Gasteiger charge is -2.29. The summed E-state index contributed by atoms with van der Waals surface area (Å²) in [5, 5.41) is 3.23. The predicted molar refractivity (Wildman–Crippen MR) is 83.9 cm³/mol. The molecule has 4 nitrogen and oxygen atoms in total. The van der Waals surface area contributed by atoms with E-state index in [1.807, 2.05) is 4.90 Å². The maximum atomic E-state index is 13.8. The number of nitrogens with zero attached hydrogens (tertiary/aromatic N) is 2. The fourth-order valence-electron chi connectivity index (χ4n) is 3.01. The number of nitrogens with one attached hydrogen (secondary N) is 1. The van der Waals surface area contributed by atoms with Crippen molar-refractivity contribution < 1.29 is 13.6 Å². The Bertz CT molecular complexity index is 557. The first-order valence-corrected chi connectivity index (χ1v) is 8.30. The Kier molecular flexibility index (Phi) is 5.23. The normalized spacial score (nSPS) is 18.5. The maximum Gasteiger partial charge on any atom is 0.223 e. The summed E-state index contributed by atoms with van der Waals surface area (Å²) in [5.41, 5.74) is 0.493. The predicted octanol–water partition coefficient (Wildman–Crippen LogP) is 1.75. The van der Waals surface area contributed by atoms with Crippen LogP contribution in [0.1, 0.15) is 24.8 Å². The third kappa shape index (κ3) is 4.48. The molecule has 23 heavy (non-hydrogen) atoms. The molecule has 1 heterocycles. The summed E-state index contributed by atoms with van der Waals surface area (Å²) in [4.78, 5) is 16.3. The fourth-order valence-corrected chi connectivity index (χ4v) is 3.01. The molecule has 1 aliphatic heterocycles. The minimum atomic E-state index is -0.557. The number of hydrogen-bond acceptors (Lipinski definition) is 3. The second kappa shape index (κ2) is 7.36. The summed E-state index contributed by atoms with van der Waals surface area (Å²) in [7, 11) is 0. The van der Waals surface area contributed by atoms with Crippen LogP contribution in [0, 0.1) is 11.6 Å². The average Bonchev–Trinajstić information content (AvgIpc) is 3.38. The average molecular weight is 323 g/mol. The summed E-state index contributed by atoms with van der Waals surface area (Å²) in [6.45, 7) is 4.28. The van der Waals surface area contributed by atoms with Crippen LogP contribution < -0.4 is 5.32 Å². The van der Waals surface area contributed by atoms with Gasteiger partial charge in [-0.05, 0) is 18.9 Å². The number of hydrogen-bond donors (Lipinski definition) is 1. The topological polar surface area (TPSA) is 35.6 Å². The summed E-state index contributed by atoms with van der Waals surface area (Å²) < 4.78 is 26.8. The van der Waals surface area contributed by atoms with Crippen LogP contribution in [0.15, 0.2) is 18.2 Å². The number of carbonyl (C=O) groups excluding carboxylic acids is 1. The van der Waals surface area contributed by atoms with E-state index in [0.717, 1.165) is 45.1 Å². The van der Waals surface area contributed by atoms with Crippen LogP contribution in [0.4, 0.5) is 8.78 Å². The molecular weight excluding hydrogens is 300 g/mol. The summed E-state index contributed by atoms with van der Waals surface area (Å²) in [6, 6.07) is 4.13. The Morgan fingerprint density at radius 1 is 1.26 bits per heavy atom. The molecule has 0 spiro atoms. The van der Waals surface area contributed by atoms with Crippen molar-refractivity contribution in [3.8, 4) is 0 Å². The van der Waals surface area contributed by atoms with E-state index in [1.165, 1.54) is 12.1 Å². The lowest BCUT2D eigenvalue weighted by atomic mass is 10.2. The van der Waals surface area contributed by atoms with Gasteiger partial charge in [-0.1, -0.05) is 6.07 Å². The Balaban J connectivity index is 1.55. The highest BCUT2D eigenvalue weighted by Crippen LogP contribution is 2.29. The van der Waals surface area contributed by atoms with Crippen molar-refractivity contribution in [2.75, 3.05) is 32.7 Å². The van der Waals surface area contributed by atoms with Gasteiger partial charge in [0.05, 0.1) is 0 Å². The monoisotopic (exact) mass is 323 g/mol. The zero-order chi connectivity index (χ0) is 16.2. The molecule has 0 atom stereocenters. The second-order valence-corrected chi connectivity index (χ2v) is 6.32. The van der Waals surface area contributed by atoms with Gasteiger partial charge in [0.2, 0.25) is 5.91 Å². The lowest BCUT2D eigenvalue weighted by Crippen LogP contribution is -2.47. The lowest BCUT2D eigenvalue weighted by molar-refractivity contribution is -0.132. The van der Waals surface area contributed by atoms with Crippen LogP contribution in [-0.4, -0.2) is 54.5 Å². The van der Waals surface area contributed by atoms with Crippen molar-refractivity contribution in [3.05, 3.63) is 35.4 Å². The summed E-state index contributed by atoms with van der Waals surface area (Å²) in [5.74, 6) is -0.904. The molecule has 126 valence electrons. The maximum absolute atomic E-state index is 13.8. The molecule has 3 rings (SSSR count). The molecule has 1 saturated heterocycles. The zero-order valence-corrected chi connectivity index (χ0v) is 13.2. The highest BCUT2D eigenvalue weighted by atomic mass is 19.1. The largest absolute Gasteiger partial charge is 0.340 e. The van der Waals surface area contributed by atoms with Gasteiger partial charge in [-0.3, -0.25) is 9.69 Å². The number of piperazine rings is 1. The van der Waals surface area contributed by atoms with Crippen molar-refractivity contribution in [2.45, 2.75) is 31.8 Å². The van der Waals surface area contributed by atoms with Gasteiger partial charge in [-0.2, -0.15) is 0 Å². The van der Waals surface area contributed by atoms with Crippen molar-refractivity contribution >= 4 is 5.91 Å². The van der Waals surface area contributed by atoms with Gasteiger partial charge in [-0.15, -0.1) is 0 Å².